The molecule has 0 saturated carbocycles. The SMILES string of the molecule is CCNC(=O)c1nnc(-c2cc(C(C)C)c(O)cc2O)n1-c1ccc(C(=O)N2CCN(Cc3ccc(OC(=O)N4CCN(CCCOc5ccc6c(c5OC)N=C(NC(=O)c5cnc(N)nc5)N5CCN=C65)CC4)c(C)c3)CC2)cc1. The van der Waals surface area contributed by atoms with E-state index in [1.165, 1.54) is 23.0 Å². The number of fused-ring (bicyclic) bond motifs is 3. The Morgan fingerprint density at radius 2 is 1.49 bits per heavy atom. The van der Waals surface area contributed by atoms with Gasteiger partial charge in [0.05, 0.1) is 31.4 Å². The van der Waals surface area contributed by atoms with Gasteiger partial charge in [0.15, 0.2) is 17.3 Å². The summed E-state index contributed by atoms with van der Waals surface area (Å²) in [5.74, 6) is 1.37. The molecule has 0 unspecified atom stereocenters. The number of carbonyl (C=O) groups is 4. The van der Waals surface area contributed by atoms with Crippen LogP contribution in [0.1, 0.15) is 86.7 Å². The van der Waals surface area contributed by atoms with E-state index in [2.05, 4.69) is 45.6 Å². The largest absolute Gasteiger partial charge is 0.508 e. The number of nitrogens with two attached hydrogens (primary N) is 1. The van der Waals surface area contributed by atoms with Gasteiger partial charge in [-0.05, 0) is 91.4 Å². The number of guanidine groups is 1. The number of carbonyl (C=O) groups excluding carboxylic acids is 4. The number of hydrogen-bond acceptors (Lipinski definition) is 19. The molecule has 0 bridgehead atoms. The quantitative estimate of drug-likeness (QED) is 0.0802. The summed E-state index contributed by atoms with van der Waals surface area (Å²) in [5.41, 5.74) is 10.9. The van der Waals surface area contributed by atoms with Crippen LogP contribution in [0, 0.1) is 6.92 Å². The molecule has 81 heavy (non-hydrogen) atoms. The zero-order valence-corrected chi connectivity index (χ0v) is 45.9. The van der Waals surface area contributed by atoms with Gasteiger partial charge in [-0.15, -0.1) is 10.2 Å². The first-order valence-electron chi connectivity index (χ1n) is 27.0. The van der Waals surface area contributed by atoms with Gasteiger partial charge in [-0.3, -0.25) is 44.0 Å². The van der Waals surface area contributed by atoms with Crippen molar-refractivity contribution in [1.82, 2.24) is 59.9 Å². The summed E-state index contributed by atoms with van der Waals surface area (Å²) in [4.78, 5) is 80.7. The fourth-order valence-electron chi connectivity index (χ4n) is 10.3. The number of ether oxygens (including phenoxy) is 3. The average molecular weight is 1100 g/mol. The highest BCUT2D eigenvalue weighted by molar-refractivity contribution is 6.20. The number of benzene rings is 4. The summed E-state index contributed by atoms with van der Waals surface area (Å²) in [6.07, 6.45) is 3.05. The number of hydrogen-bond donors (Lipinski definition) is 5. The Morgan fingerprint density at radius 3 is 2.20 bits per heavy atom. The van der Waals surface area contributed by atoms with Gasteiger partial charge < -0.3 is 45.3 Å². The van der Waals surface area contributed by atoms with Crippen LogP contribution in [-0.4, -0.2) is 187 Å². The minimum atomic E-state index is -0.458. The summed E-state index contributed by atoms with van der Waals surface area (Å²) in [5, 5.41) is 35.5. The first kappa shape index (κ1) is 55.2. The van der Waals surface area contributed by atoms with E-state index in [9.17, 15) is 29.4 Å². The number of phenols is 2. The maximum atomic E-state index is 13.8. The lowest BCUT2D eigenvalue weighted by Crippen LogP contribution is -2.49. The second kappa shape index (κ2) is 24.1. The van der Waals surface area contributed by atoms with Crippen LogP contribution >= 0.6 is 0 Å². The van der Waals surface area contributed by atoms with Gasteiger partial charge in [0.1, 0.15) is 28.8 Å². The third-order valence-electron chi connectivity index (χ3n) is 14.6. The van der Waals surface area contributed by atoms with Crippen molar-refractivity contribution in [3.05, 3.63) is 118 Å². The van der Waals surface area contributed by atoms with Gasteiger partial charge in [0.2, 0.25) is 17.7 Å². The molecule has 6 aromatic rings. The van der Waals surface area contributed by atoms with E-state index in [0.717, 1.165) is 29.7 Å². The molecule has 4 aliphatic rings. The number of piperazine rings is 2. The number of nitrogens with one attached hydrogen (secondary N) is 2. The molecule has 6 N–H and O–H groups in total. The van der Waals surface area contributed by atoms with Crippen LogP contribution in [0.3, 0.4) is 0 Å². The predicted octanol–water partition coefficient (Wildman–Crippen LogP) is 4.94. The van der Waals surface area contributed by atoms with Gasteiger partial charge in [-0.1, -0.05) is 26.0 Å². The van der Waals surface area contributed by atoms with Crippen molar-refractivity contribution in [2.24, 2.45) is 9.98 Å². The number of aliphatic imine (C=N–C) groups is 2. The number of aryl methyl sites for hydroxylation is 1. The molecule has 24 heteroatoms. The van der Waals surface area contributed by atoms with Gasteiger partial charge in [-0.2, -0.15) is 0 Å². The monoisotopic (exact) mass is 1100 g/mol. The molecule has 2 fully saturated rings. The van der Waals surface area contributed by atoms with Crippen molar-refractivity contribution in [2.75, 3.05) is 98.0 Å². The van der Waals surface area contributed by atoms with Crippen molar-refractivity contribution < 1.29 is 43.6 Å². The van der Waals surface area contributed by atoms with E-state index in [1.807, 2.05) is 60.9 Å². The van der Waals surface area contributed by atoms with Crippen LogP contribution in [-0.2, 0) is 6.54 Å². The molecular formula is C57H65N15O9. The second-order valence-electron chi connectivity index (χ2n) is 20.3. The summed E-state index contributed by atoms with van der Waals surface area (Å²) >= 11 is 0. The third-order valence-corrected chi connectivity index (χ3v) is 14.6. The van der Waals surface area contributed by atoms with Crippen LogP contribution in [0.4, 0.5) is 16.4 Å². The van der Waals surface area contributed by atoms with Crippen molar-refractivity contribution in [3.63, 3.8) is 0 Å². The van der Waals surface area contributed by atoms with E-state index >= 15 is 0 Å². The zero-order valence-electron chi connectivity index (χ0n) is 45.9. The number of nitrogens with zero attached hydrogens (tertiary/aromatic N) is 12. The molecule has 4 aromatic carbocycles. The number of nitrogen functional groups attached to an aromatic ring is 1. The van der Waals surface area contributed by atoms with Crippen LogP contribution in [0.25, 0.3) is 17.1 Å². The molecule has 6 heterocycles. The smallest absolute Gasteiger partial charge is 0.415 e. The fraction of sp³-hybridized carbons (Fsp3) is 0.368. The highest BCUT2D eigenvalue weighted by atomic mass is 16.6. The first-order chi connectivity index (χ1) is 39.2. The Balaban J connectivity index is 0.673. The number of rotatable bonds is 16. The average Bonchev–Trinajstić information content (AvgIpc) is 4.31. The highest BCUT2D eigenvalue weighted by Gasteiger charge is 2.34. The molecule has 4 aliphatic heterocycles. The molecule has 0 radical (unpaired) electrons. The van der Waals surface area contributed by atoms with E-state index in [-0.39, 0.29) is 52.6 Å². The van der Waals surface area contributed by atoms with Crippen LogP contribution in [0.2, 0.25) is 0 Å². The van der Waals surface area contributed by atoms with Crippen molar-refractivity contribution in [2.45, 2.75) is 46.6 Å². The number of anilines is 1. The molecular weight excluding hydrogens is 1040 g/mol. The van der Waals surface area contributed by atoms with E-state index in [4.69, 9.17) is 24.9 Å². The van der Waals surface area contributed by atoms with Gasteiger partial charge in [0.25, 0.3) is 17.7 Å². The van der Waals surface area contributed by atoms with E-state index < -0.39 is 11.8 Å². The maximum absolute atomic E-state index is 13.8. The van der Waals surface area contributed by atoms with Crippen LogP contribution in [0.5, 0.6) is 28.7 Å². The molecule has 0 spiro atoms. The minimum Gasteiger partial charge on any atom is -0.508 e. The van der Waals surface area contributed by atoms with Gasteiger partial charge >= 0.3 is 6.09 Å². The predicted molar refractivity (Wildman–Crippen MR) is 301 cm³/mol. The van der Waals surface area contributed by atoms with E-state index in [0.29, 0.717) is 142 Å². The standard InChI is InChI=1S/C57H65N15O9/c1-6-59-53(76)51-66-65-50(42-29-41(34(2)3)43(73)30-44(42)74)72(51)39-11-9-37(10-12-39)54(77)69-23-21-68(22-24-69)33-36-8-14-45(35(4)28-36)81-57(78)70-25-19-67(20-26-70)17-7-27-80-46-15-13-40-47(48(46)79-5)63-56(71-18-16-60-49(40)71)64-52(75)38-31-61-55(58)62-32-38/h8-15,28-32,34,73-74H,6-7,16-27,33H2,1-5H3,(H,59,76)(H2,58,61,62)(H,63,64,75). The van der Waals surface area contributed by atoms with E-state index in [1.54, 1.807) is 49.3 Å². The molecule has 2 aromatic heterocycles. The number of amides is 4. The first-order valence-corrected chi connectivity index (χ1v) is 27.0. The molecule has 2 saturated heterocycles. The molecule has 10 rings (SSSR count). The minimum absolute atomic E-state index is 0.00345. The molecule has 24 nitrogen and oxygen atoms in total. The number of phenolic OH excluding ortho intramolecular Hbond substituents is 2. The summed E-state index contributed by atoms with van der Waals surface area (Å²) in [6.45, 7) is 15.6. The summed E-state index contributed by atoms with van der Waals surface area (Å²) in [6, 6.07) is 19.4. The van der Waals surface area contributed by atoms with Crippen LogP contribution < -0.4 is 30.6 Å². The third kappa shape index (κ3) is 11.9. The number of methoxy groups -OCH3 is 1. The molecule has 0 aliphatic carbocycles. The Hall–Kier alpha value is -9.16. The van der Waals surface area contributed by atoms with Gasteiger partial charge in [-0.25, -0.2) is 19.8 Å². The Morgan fingerprint density at radius 1 is 0.778 bits per heavy atom. The molecule has 422 valence electrons. The molecule has 4 amide bonds. The Labute approximate surface area is 467 Å². The van der Waals surface area contributed by atoms with Crippen molar-refractivity contribution in [1.29, 1.82) is 0 Å². The number of amidine groups is 1. The lowest BCUT2D eigenvalue weighted by atomic mass is 9.98. The number of aromatic hydroxyl groups is 2. The van der Waals surface area contributed by atoms with Crippen molar-refractivity contribution >= 4 is 47.2 Å². The maximum Gasteiger partial charge on any atom is 0.415 e. The Bertz CT molecular complexity index is 3400. The van der Waals surface area contributed by atoms with Gasteiger partial charge in [0, 0.05) is 114 Å². The highest BCUT2D eigenvalue weighted by Crippen LogP contribution is 2.44. The van der Waals surface area contributed by atoms with Crippen LogP contribution in [0.15, 0.2) is 89.1 Å². The Kier molecular flexibility index (Phi) is 16.4. The summed E-state index contributed by atoms with van der Waals surface area (Å²) in [7, 11) is 1.55. The molecule has 0 atom stereocenters. The lowest BCUT2D eigenvalue weighted by molar-refractivity contribution is 0.0628. The second-order valence-corrected chi connectivity index (χ2v) is 20.3. The van der Waals surface area contributed by atoms with Crippen molar-refractivity contribution in [3.8, 4) is 45.8 Å². The topological polar surface area (TPSA) is 284 Å². The zero-order chi connectivity index (χ0) is 56.9. The summed E-state index contributed by atoms with van der Waals surface area (Å²) < 4.78 is 19.5. The normalized spacial score (nSPS) is 15.4. The fourth-order valence-corrected chi connectivity index (χ4v) is 10.3. The lowest BCUT2D eigenvalue weighted by Gasteiger charge is -2.35. The number of aromatic nitrogens is 5.